The van der Waals surface area contributed by atoms with Crippen LogP contribution in [0.5, 0.6) is 0 Å². The van der Waals surface area contributed by atoms with E-state index in [1.54, 1.807) is 4.90 Å². The number of nitrogens with two attached hydrogens (primary N) is 2. The topological polar surface area (TPSA) is 96.1 Å². The minimum absolute atomic E-state index is 0.133. The SMILES string of the molecule is N#C[C@@H]1CCCCN1C(=O)C(N)CCN. The zero-order valence-corrected chi connectivity index (χ0v) is 8.85. The number of rotatable bonds is 3. The Hall–Kier alpha value is -1.12. The van der Waals surface area contributed by atoms with Crippen LogP contribution < -0.4 is 11.5 Å². The zero-order valence-electron chi connectivity index (χ0n) is 8.85. The summed E-state index contributed by atoms with van der Waals surface area (Å²) in [6.07, 6.45) is 3.21. The summed E-state index contributed by atoms with van der Waals surface area (Å²) in [5.41, 5.74) is 11.0. The molecule has 1 saturated heterocycles. The summed E-state index contributed by atoms with van der Waals surface area (Å²) in [7, 11) is 0. The summed E-state index contributed by atoms with van der Waals surface area (Å²) in [6.45, 7) is 1.05. The van der Waals surface area contributed by atoms with Gasteiger partial charge in [-0.2, -0.15) is 5.26 Å². The van der Waals surface area contributed by atoms with Gasteiger partial charge in [0.05, 0.1) is 12.1 Å². The third-order valence-corrected chi connectivity index (χ3v) is 2.73. The van der Waals surface area contributed by atoms with Crippen LogP contribution in [0.4, 0.5) is 0 Å². The molecule has 1 aliphatic heterocycles. The van der Waals surface area contributed by atoms with Crippen LogP contribution in [-0.4, -0.2) is 36.0 Å². The van der Waals surface area contributed by atoms with Gasteiger partial charge in [-0.3, -0.25) is 4.79 Å². The van der Waals surface area contributed by atoms with E-state index in [9.17, 15) is 4.79 Å². The number of nitrogens with zero attached hydrogens (tertiary/aromatic N) is 2. The first-order chi connectivity index (χ1) is 7.20. The molecule has 0 radical (unpaired) electrons. The van der Waals surface area contributed by atoms with Crippen molar-refractivity contribution in [1.82, 2.24) is 4.90 Å². The molecule has 15 heavy (non-hydrogen) atoms. The predicted octanol–water partition coefficient (Wildman–Crippen LogP) is -0.433. The number of hydrogen-bond donors (Lipinski definition) is 2. The quantitative estimate of drug-likeness (QED) is 0.660. The normalized spacial score (nSPS) is 23.3. The number of likely N-dealkylation sites (tertiary alicyclic amines) is 1. The van der Waals surface area contributed by atoms with Gasteiger partial charge in [-0.15, -0.1) is 0 Å². The lowest BCUT2D eigenvalue weighted by Gasteiger charge is -2.33. The smallest absolute Gasteiger partial charge is 0.240 e. The maximum atomic E-state index is 11.9. The molecule has 1 fully saturated rings. The van der Waals surface area contributed by atoms with E-state index in [2.05, 4.69) is 6.07 Å². The Morgan fingerprint density at radius 2 is 2.33 bits per heavy atom. The minimum Gasteiger partial charge on any atom is -0.330 e. The molecule has 0 aromatic rings. The fraction of sp³-hybridized carbons (Fsp3) is 0.800. The van der Waals surface area contributed by atoms with Gasteiger partial charge >= 0.3 is 0 Å². The summed E-state index contributed by atoms with van der Waals surface area (Å²) in [5.74, 6) is -0.133. The molecule has 0 aromatic heterocycles. The van der Waals surface area contributed by atoms with Gasteiger partial charge < -0.3 is 16.4 Å². The Labute approximate surface area is 90.0 Å². The van der Waals surface area contributed by atoms with E-state index in [1.807, 2.05) is 0 Å². The number of nitriles is 1. The van der Waals surface area contributed by atoms with Crippen LogP contribution in [0.2, 0.25) is 0 Å². The van der Waals surface area contributed by atoms with Crippen molar-refractivity contribution in [2.75, 3.05) is 13.1 Å². The molecule has 0 spiro atoms. The first kappa shape index (κ1) is 12.0. The largest absolute Gasteiger partial charge is 0.330 e. The van der Waals surface area contributed by atoms with Crippen LogP contribution >= 0.6 is 0 Å². The lowest BCUT2D eigenvalue weighted by Crippen LogP contribution is -2.50. The van der Waals surface area contributed by atoms with E-state index >= 15 is 0 Å². The third-order valence-electron chi connectivity index (χ3n) is 2.73. The lowest BCUT2D eigenvalue weighted by atomic mass is 10.0. The molecule has 5 heteroatoms. The maximum absolute atomic E-state index is 11.9. The highest BCUT2D eigenvalue weighted by Gasteiger charge is 2.29. The van der Waals surface area contributed by atoms with Gasteiger partial charge in [-0.25, -0.2) is 0 Å². The molecule has 1 rings (SSSR count). The average molecular weight is 210 g/mol. The summed E-state index contributed by atoms with van der Waals surface area (Å²) >= 11 is 0. The molecule has 5 nitrogen and oxygen atoms in total. The first-order valence-electron chi connectivity index (χ1n) is 5.36. The number of hydrogen-bond acceptors (Lipinski definition) is 4. The van der Waals surface area contributed by atoms with E-state index in [1.165, 1.54) is 0 Å². The summed E-state index contributed by atoms with van der Waals surface area (Å²) in [5, 5.41) is 8.91. The molecule has 0 bridgehead atoms. The van der Waals surface area contributed by atoms with Crippen molar-refractivity contribution in [1.29, 1.82) is 5.26 Å². The molecular formula is C10H18N4O. The predicted molar refractivity (Wildman–Crippen MR) is 56.6 cm³/mol. The van der Waals surface area contributed by atoms with Crippen molar-refractivity contribution < 1.29 is 4.79 Å². The van der Waals surface area contributed by atoms with Gasteiger partial charge in [-0.05, 0) is 32.2 Å². The zero-order chi connectivity index (χ0) is 11.3. The van der Waals surface area contributed by atoms with E-state index < -0.39 is 6.04 Å². The molecule has 2 atom stereocenters. The van der Waals surface area contributed by atoms with Crippen LogP contribution in [-0.2, 0) is 4.79 Å². The van der Waals surface area contributed by atoms with E-state index in [-0.39, 0.29) is 11.9 Å². The second-order valence-electron chi connectivity index (χ2n) is 3.86. The third kappa shape index (κ3) is 2.91. The van der Waals surface area contributed by atoms with Crippen LogP contribution in [0.15, 0.2) is 0 Å². The molecule has 4 N–H and O–H groups in total. The van der Waals surface area contributed by atoms with Crippen molar-refractivity contribution in [2.45, 2.75) is 37.8 Å². The Morgan fingerprint density at radius 3 is 2.93 bits per heavy atom. The standard InChI is InChI=1S/C10H18N4O/c11-5-4-9(13)10(15)14-6-2-1-3-8(14)7-12/h8-9H,1-6,11,13H2/t8-,9?/m0/s1. The highest BCUT2D eigenvalue weighted by molar-refractivity contribution is 5.82. The maximum Gasteiger partial charge on any atom is 0.240 e. The molecule has 0 saturated carbocycles. The molecule has 84 valence electrons. The molecule has 1 aliphatic rings. The summed E-state index contributed by atoms with van der Waals surface area (Å²) < 4.78 is 0. The highest BCUT2D eigenvalue weighted by atomic mass is 16.2. The number of amides is 1. The highest BCUT2D eigenvalue weighted by Crippen LogP contribution is 2.17. The van der Waals surface area contributed by atoms with E-state index in [0.717, 1.165) is 19.3 Å². The fourth-order valence-corrected chi connectivity index (χ4v) is 1.85. The van der Waals surface area contributed by atoms with Gasteiger partial charge in [0.1, 0.15) is 6.04 Å². The van der Waals surface area contributed by atoms with Gasteiger partial charge in [0, 0.05) is 6.54 Å². The Balaban J connectivity index is 2.60. The fourth-order valence-electron chi connectivity index (χ4n) is 1.85. The van der Waals surface area contributed by atoms with Gasteiger partial charge in [0.15, 0.2) is 0 Å². The van der Waals surface area contributed by atoms with Gasteiger partial charge in [0.25, 0.3) is 0 Å². The van der Waals surface area contributed by atoms with Crippen molar-refractivity contribution in [3.63, 3.8) is 0 Å². The number of carbonyl (C=O) groups excluding carboxylic acids is 1. The minimum atomic E-state index is -0.552. The Morgan fingerprint density at radius 1 is 1.60 bits per heavy atom. The van der Waals surface area contributed by atoms with Crippen molar-refractivity contribution >= 4 is 5.91 Å². The second-order valence-corrected chi connectivity index (χ2v) is 3.86. The van der Waals surface area contributed by atoms with Crippen molar-refractivity contribution in [3.05, 3.63) is 0 Å². The van der Waals surface area contributed by atoms with Crippen LogP contribution in [0.3, 0.4) is 0 Å². The summed E-state index contributed by atoms with van der Waals surface area (Å²) in [4.78, 5) is 13.5. The van der Waals surface area contributed by atoms with Crippen LogP contribution in [0.25, 0.3) is 0 Å². The van der Waals surface area contributed by atoms with E-state index in [4.69, 9.17) is 16.7 Å². The summed E-state index contributed by atoms with van der Waals surface area (Å²) in [6, 6.07) is 1.30. The molecule has 1 unspecified atom stereocenters. The van der Waals surface area contributed by atoms with Crippen LogP contribution in [0.1, 0.15) is 25.7 Å². The Bertz CT molecular complexity index is 261. The molecule has 1 amide bonds. The number of piperidine rings is 1. The molecule has 1 heterocycles. The van der Waals surface area contributed by atoms with Gasteiger partial charge in [0.2, 0.25) is 5.91 Å². The molecule has 0 aliphatic carbocycles. The molecule has 0 aromatic carbocycles. The molecular weight excluding hydrogens is 192 g/mol. The second kappa shape index (κ2) is 5.69. The lowest BCUT2D eigenvalue weighted by molar-refractivity contribution is -0.135. The Kier molecular flexibility index (Phi) is 4.53. The van der Waals surface area contributed by atoms with Crippen LogP contribution in [0, 0.1) is 11.3 Å². The average Bonchev–Trinajstić information content (AvgIpc) is 2.28. The monoisotopic (exact) mass is 210 g/mol. The van der Waals surface area contributed by atoms with Gasteiger partial charge in [-0.1, -0.05) is 0 Å². The van der Waals surface area contributed by atoms with Crippen molar-refractivity contribution in [3.8, 4) is 6.07 Å². The number of carbonyl (C=O) groups is 1. The van der Waals surface area contributed by atoms with E-state index in [0.29, 0.717) is 19.5 Å². The van der Waals surface area contributed by atoms with Crippen molar-refractivity contribution in [2.24, 2.45) is 11.5 Å². The first-order valence-corrected chi connectivity index (χ1v) is 5.36.